The Kier molecular flexibility index (Phi) is 4.53. The van der Waals surface area contributed by atoms with Crippen LogP contribution in [-0.4, -0.2) is 48.4 Å². The van der Waals surface area contributed by atoms with Crippen LogP contribution in [0, 0.1) is 34.0 Å². The summed E-state index contributed by atoms with van der Waals surface area (Å²) in [6.07, 6.45) is 2.55. The van der Waals surface area contributed by atoms with Gasteiger partial charge in [-0.3, -0.25) is 14.4 Å². The van der Waals surface area contributed by atoms with Gasteiger partial charge in [0.05, 0.1) is 19.3 Å². The number of fused-ring (bicyclic) bond motifs is 2. The maximum atomic E-state index is 13.2. The van der Waals surface area contributed by atoms with Crippen molar-refractivity contribution in [1.29, 1.82) is 0 Å². The molecule has 1 saturated heterocycles. The first-order chi connectivity index (χ1) is 13.6. The molecule has 7 nitrogen and oxygen atoms in total. The number of aliphatic hydroxyl groups excluding tert-OH is 1. The Morgan fingerprint density at radius 1 is 1.38 bits per heavy atom. The van der Waals surface area contributed by atoms with E-state index < -0.39 is 46.1 Å². The van der Waals surface area contributed by atoms with Crippen LogP contribution in [0.3, 0.4) is 0 Å². The Morgan fingerprint density at radius 2 is 2.10 bits per heavy atom. The molecule has 2 spiro atoms. The fourth-order valence-electron chi connectivity index (χ4n) is 6.99. The molecule has 29 heavy (non-hydrogen) atoms. The average Bonchev–Trinajstić information content (AvgIpc) is 2.86. The lowest BCUT2D eigenvalue weighted by molar-refractivity contribution is -0.229. The number of hydrogen-bond acceptors (Lipinski definition) is 7. The topological polar surface area (TPSA) is 107 Å². The zero-order chi connectivity index (χ0) is 21.2. The van der Waals surface area contributed by atoms with Crippen molar-refractivity contribution in [3.05, 3.63) is 12.2 Å². The summed E-state index contributed by atoms with van der Waals surface area (Å²) in [7, 11) is 0. The Morgan fingerprint density at radius 3 is 2.76 bits per heavy atom. The lowest BCUT2D eigenvalue weighted by Crippen LogP contribution is -2.67. The molecule has 4 fully saturated rings. The highest BCUT2D eigenvalue weighted by Crippen LogP contribution is 2.67. The Labute approximate surface area is 169 Å². The summed E-state index contributed by atoms with van der Waals surface area (Å²) >= 11 is 0. The highest BCUT2D eigenvalue weighted by Gasteiger charge is 2.74. The van der Waals surface area contributed by atoms with Gasteiger partial charge in [0.2, 0.25) is 0 Å². The molecular formula is C22H28O7. The molecular weight excluding hydrogens is 376 g/mol. The first-order valence-electron chi connectivity index (χ1n) is 10.3. The molecule has 0 aromatic carbocycles. The van der Waals surface area contributed by atoms with Crippen molar-refractivity contribution in [3.63, 3.8) is 0 Å². The number of esters is 2. The van der Waals surface area contributed by atoms with Gasteiger partial charge in [-0.05, 0) is 37.2 Å². The molecule has 3 unspecified atom stereocenters. The van der Waals surface area contributed by atoms with E-state index in [4.69, 9.17) is 9.47 Å². The molecule has 4 rings (SSSR count). The number of cyclic esters (lactones) is 1. The van der Waals surface area contributed by atoms with Crippen LogP contribution in [0.15, 0.2) is 12.2 Å². The minimum atomic E-state index is -1.46. The molecule has 4 aliphatic rings. The summed E-state index contributed by atoms with van der Waals surface area (Å²) in [4.78, 5) is 50.0. The average molecular weight is 404 g/mol. The van der Waals surface area contributed by atoms with E-state index in [9.17, 15) is 24.3 Å². The second-order valence-electron chi connectivity index (χ2n) is 9.72. The fraction of sp³-hybridized carbons (Fsp3) is 0.727. The van der Waals surface area contributed by atoms with E-state index in [1.165, 1.54) is 6.92 Å². The van der Waals surface area contributed by atoms with Crippen molar-refractivity contribution in [2.75, 3.05) is 13.2 Å². The molecule has 0 radical (unpaired) electrons. The largest absolute Gasteiger partial charge is 0.465 e. The van der Waals surface area contributed by atoms with Gasteiger partial charge in [-0.15, -0.1) is 0 Å². The van der Waals surface area contributed by atoms with Crippen LogP contribution < -0.4 is 0 Å². The summed E-state index contributed by atoms with van der Waals surface area (Å²) < 4.78 is 10.9. The molecule has 158 valence electrons. The Hall–Kier alpha value is -2.02. The number of allylic oxidation sites excluding steroid dienone is 1. The van der Waals surface area contributed by atoms with Gasteiger partial charge >= 0.3 is 11.9 Å². The first-order valence-corrected chi connectivity index (χ1v) is 10.3. The van der Waals surface area contributed by atoms with E-state index in [1.807, 2.05) is 6.92 Å². The van der Waals surface area contributed by atoms with Crippen molar-refractivity contribution in [2.24, 2.45) is 34.0 Å². The van der Waals surface area contributed by atoms with Crippen LogP contribution in [0.4, 0.5) is 0 Å². The molecule has 7 heteroatoms. The van der Waals surface area contributed by atoms with E-state index in [2.05, 4.69) is 6.58 Å². The van der Waals surface area contributed by atoms with Crippen LogP contribution in [0.2, 0.25) is 0 Å². The van der Waals surface area contributed by atoms with Crippen LogP contribution >= 0.6 is 0 Å². The van der Waals surface area contributed by atoms with E-state index in [0.29, 0.717) is 31.3 Å². The quantitative estimate of drug-likeness (QED) is 0.330. The predicted octanol–water partition coefficient (Wildman–Crippen LogP) is 1.61. The van der Waals surface area contributed by atoms with Crippen LogP contribution in [0.25, 0.3) is 0 Å². The van der Waals surface area contributed by atoms with Gasteiger partial charge < -0.3 is 19.4 Å². The summed E-state index contributed by atoms with van der Waals surface area (Å²) in [6.45, 7) is 7.16. The summed E-state index contributed by atoms with van der Waals surface area (Å²) in [5.74, 6) is -2.92. The van der Waals surface area contributed by atoms with Crippen LogP contribution in [0.1, 0.15) is 46.0 Å². The molecule has 0 amide bonds. The van der Waals surface area contributed by atoms with Gasteiger partial charge in [-0.25, -0.2) is 0 Å². The lowest BCUT2D eigenvalue weighted by Gasteiger charge is -2.61. The van der Waals surface area contributed by atoms with E-state index in [0.717, 1.165) is 12.7 Å². The predicted molar refractivity (Wildman–Crippen MR) is 100 cm³/mol. The Bertz CT molecular complexity index is 803. The third kappa shape index (κ3) is 2.52. The molecule has 3 aliphatic carbocycles. The fourth-order valence-corrected chi connectivity index (χ4v) is 6.99. The molecule has 1 heterocycles. The number of ether oxygens (including phenoxy) is 2. The first kappa shape index (κ1) is 20.3. The van der Waals surface area contributed by atoms with Gasteiger partial charge in [0, 0.05) is 29.6 Å². The SMILES string of the molecule is C=C1C(=O)[C@]23C[C@H]1CC(O)[C@H]2C1(CCC[C@@](C)(COC(C)=O)C1C=O)COC3=O. The molecule has 1 aliphatic heterocycles. The standard InChI is InChI=1S/C22H28O7/c1-12-14-7-15(25)17-21(11-29-19(27)22(17,8-14)18(12)26)6-4-5-20(3,16(21)9-23)10-28-13(2)24/h9,14-17,25H,1,4-8,10-11H2,2-3H3/t14-,15?,16?,17+,20+,21?,22+/m1/s1. The number of aliphatic hydroxyl groups is 1. The van der Waals surface area contributed by atoms with Crippen molar-refractivity contribution in [1.82, 2.24) is 0 Å². The number of hydrogen-bond donors (Lipinski definition) is 1. The van der Waals surface area contributed by atoms with Gasteiger partial charge in [0.1, 0.15) is 11.7 Å². The normalized spacial score (nSPS) is 46.2. The van der Waals surface area contributed by atoms with Crippen LogP contribution in [-0.2, 0) is 28.7 Å². The third-order valence-corrected chi connectivity index (χ3v) is 8.16. The van der Waals surface area contributed by atoms with E-state index in [1.54, 1.807) is 0 Å². The van der Waals surface area contributed by atoms with Crippen molar-refractivity contribution < 1.29 is 33.8 Å². The molecule has 0 aromatic rings. The van der Waals surface area contributed by atoms with E-state index >= 15 is 0 Å². The Balaban J connectivity index is 1.83. The van der Waals surface area contributed by atoms with Crippen molar-refractivity contribution in [2.45, 2.75) is 52.1 Å². The minimum Gasteiger partial charge on any atom is -0.465 e. The van der Waals surface area contributed by atoms with Gasteiger partial charge in [0.25, 0.3) is 0 Å². The number of carbonyl (C=O) groups excluding carboxylic acids is 4. The highest BCUT2D eigenvalue weighted by molar-refractivity contribution is 6.15. The number of carbonyl (C=O) groups is 4. The number of aldehydes is 1. The second kappa shape index (κ2) is 6.49. The highest BCUT2D eigenvalue weighted by atomic mass is 16.5. The van der Waals surface area contributed by atoms with Gasteiger partial charge in [0.15, 0.2) is 5.78 Å². The molecule has 0 aromatic heterocycles. The zero-order valence-corrected chi connectivity index (χ0v) is 16.9. The number of rotatable bonds is 3. The summed E-state index contributed by atoms with van der Waals surface area (Å²) in [6, 6.07) is 0. The van der Waals surface area contributed by atoms with E-state index in [-0.39, 0.29) is 24.9 Å². The van der Waals surface area contributed by atoms with Crippen molar-refractivity contribution >= 4 is 24.0 Å². The number of ketones is 1. The van der Waals surface area contributed by atoms with Crippen LogP contribution in [0.5, 0.6) is 0 Å². The summed E-state index contributed by atoms with van der Waals surface area (Å²) in [5.41, 5.74) is -2.61. The summed E-state index contributed by atoms with van der Waals surface area (Å²) in [5, 5.41) is 11.2. The maximum Gasteiger partial charge on any atom is 0.320 e. The maximum absolute atomic E-state index is 13.2. The van der Waals surface area contributed by atoms with Gasteiger partial charge in [-0.2, -0.15) is 0 Å². The second-order valence-corrected chi connectivity index (χ2v) is 9.72. The molecule has 1 N–H and O–H groups in total. The molecule has 2 bridgehead atoms. The molecule has 3 saturated carbocycles. The smallest absolute Gasteiger partial charge is 0.320 e. The minimum absolute atomic E-state index is 0.0151. The molecule has 7 atom stereocenters. The van der Waals surface area contributed by atoms with Crippen molar-refractivity contribution in [3.8, 4) is 0 Å². The zero-order valence-electron chi connectivity index (χ0n) is 16.9. The third-order valence-electron chi connectivity index (χ3n) is 8.16. The monoisotopic (exact) mass is 404 g/mol. The lowest BCUT2D eigenvalue weighted by atomic mass is 9.44. The number of Topliss-reactive ketones (excluding diaryl/α,β-unsaturated/α-hetero) is 1. The van der Waals surface area contributed by atoms with Gasteiger partial charge in [-0.1, -0.05) is 19.9 Å².